The fourth-order valence-electron chi connectivity index (χ4n) is 1.51. The lowest BCUT2D eigenvalue weighted by Crippen LogP contribution is -2.27. The van der Waals surface area contributed by atoms with Crippen LogP contribution in [-0.4, -0.2) is 22.7 Å². The lowest BCUT2D eigenvalue weighted by atomic mass is 10.1. The normalized spacial score (nSPS) is 13.1. The van der Waals surface area contributed by atoms with Crippen molar-refractivity contribution in [2.45, 2.75) is 32.9 Å². The van der Waals surface area contributed by atoms with Crippen LogP contribution < -0.4 is 5.32 Å². The van der Waals surface area contributed by atoms with Crippen LogP contribution in [0.25, 0.3) is 0 Å². The van der Waals surface area contributed by atoms with Crippen molar-refractivity contribution in [3.63, 3.8) is 0 Å². The van der Waals surface area contributed by atoms with Gasteiger partial charge < -0.3 is 10.4 Å². The van der Waals surface area contributed by atoms with Gasteiger partial charge in [-0.25, -0.2) is 0 Å². The van der Waals surface area contributed by atoms with Crippen LogP contribution in [0.3, 0.4) is 0 Å². The highest BCUT2D eigenvalue weighted by molar-refractivity contribution is 5.08. The zero-order valence-corrected chi connectivity index (χ0v) is 9.48. The van der Waals surface area contributed by atoms with Crippen LogP contribution in [0.4, 0.5) is 0 Å². The number of hydrogen-bond donors (Lipinski definition) is 2. The number of aliphatic hydroxyl groups excluding tert-OH is 1. The molecule has 3 nitrogen and oxygen atoms in total. The predicted octanol–water partition coefficient (Wildman–Crippen LogP) is 1.58. The third-order valence-electron chi connectivity index (χ3n) is 2.20. The molecule has 1 atom stereocenters. The molecular formula is C12H20N2O. The van der Waals surface area contributed by atoms with Gasteiger partial charge in [0.05, 0.1) is 6.10 Å². The van der Waals surface area contributed by atoms with Crippen molar-refractivity contribution in [1.29, 1.82) is 0 Å². The van der Waals surface area contributed by atoms with Gasteiger partial charge in [0.25, 0.3) is 0 Å². The molecule has 0 amide bonds. The Balaban J connectivity index is 2.16. The minimum Gasteiger partial charge on any atom is -0.392 e. The molecule has 0 fully saturated rings. The van der Waals surface area contributed by atoms with E-state index in [9.17, 15) is 5.11 Å². The Morgan fingerprint density at radius 2 is 2.00 bits per heavy atom. The summed E-state index contributed by atoms with van der Waals surface area (Å²) in [4.78, 5) is 3.95. The summed E-state index contributed by atoms with van der Waals surface area (Å²) in [7, 11) is 0. The maximum atomic E-state index is 9.62. The van der Waals surface area contributed by atoms with Gasteiger partial charge in [-0.05, 0) is 30.0 Å². The summed E-state index contributed by atoms with van der Waals surface area (Å²) in [5.41, 5.74) is 1.20. The van der Waals surface area contributed by atoms with Gasteiger partial charge in [-0.15, -0.1) is 0 Å². The van der Waals surface area contributed by atoms with Crippen molar-refractivity contribution in [3.8, 4) is 0 Å². The molecule has 0 spiro atoms. The third kappa shape index (κ3) is 5.50. The molecule has 1 unspecified atom stereocenters. The quantitative estimate of drug-likeness (QED) is 0.746. The standard InChI is InChI=1S/C12H20N2O/c1-10(2)7-12(15)9-14-8-11-3-5-13-6-4-11/h3-6,10,12,14-15H,7-9H2,1-2H3. The molecule has 0 radical (unpaired) electrons. The summed E-state index contributed by atoms with van der Waals surface area (Å²) < 4.78 is 0. The molecule has 0 aliphatic carbocycles. The molecule has 0 aromatic carbocycles. The van der Waals surface area contributed by atoms with Gasteiger partial charge >= 0.3 is 0 Å². The zero-order valence-electron chi connectivity index (χ0n) is 9.48. The number of hydrogen-bond acceptors (Lipinski definition) is 3. The highest BCUT2D eigenvalue weighted by Crippen LogP contribution is 2.03. The monoisotopic (exact) mass is 208 g/mol. The van der Waals surface area contributed by atoms with Crippen LogP contribution in [0.15, 0.2) is 24.5 Å². The van der Waals surface area contributed by atoms with Gasteiger partial charge in [0.1, 0.15) is 0 Å². The topological polar surface area (TPSA) is 45.1 Å². The van der Waals surface area contributed by atoms with Crippen molar-refractivity contribution in [2.75, 3.05) is 6.54 Å². The molecule has 3 heteroatoms. The van der Waals surface area contributed by atoms with E-state index in [1.54, 1.807) is 12.4 Å². The van der Waals surface area contributed by atoms with Crippen molar-refractivity contribution in [3.05, 3.63) is 30.1 Å². The van der Waals surface area contributed by atoms with Gasteiger partial charge in [-0.2, -0.15) is 0 Å². The Bertz CT molecular complexity index is 262. The summed E-state index contributed by atoms with van der Waals surface area (Å²) >= 11 is 0. The van der Waals surface area contributed by atoms with Gasteiger partial charge in [-0.3, -0.25) is 4.98 Å². The molecule has 1 heterocycles. The fraction of sp³-hybridized carbons (Fsp3) is 0.583. The molecule has 2 N–H and O–H groups in total. The second-order valence-corrected chi connectivity index (χ2v) is 4.27. The second kappa shape index (κ2) is 6.53. The van der Waals surface area contributed by atoms with E-state index in [1.165, 1.54) is 5.56 Å². The highest BCUT2D eigenvalue weighted by Gasteiger charge is 2.05. The first-order chi connectivity index (χ1) is 7.18. The predicted molar refractivity (Wildman–Crippen MR) is 61.4 cm³/mol. The summed E-state index contributed by atoms with van der Waals surface area (Å²) in [5, 5.41) is 12.9. The number of nitrogens with one attached hydrogen (secondary N) is 1. The minimum atomic E-state index is -0.244. The fourth-order valence-corrected chi connectivity index (χ4v) is 1.51. The highest BCUT2D eigenvalue weighted by atomic mass is 16.3. The van der Waals surface area contributed by atoms with Gasteiger partial charge in [0, 0.05) is 25.5 Å². The van der Waals surface area contributed by atoms with E-state index in [0.29, 0.717) is 12.5 Å². The summed E-state index contributed by atoms with van der Waals surface area (Å²) in [6, 6.07) is 3.95. The molecule has 1 aromatic heterocycles. The summed E-state index contributed by atoms with van der Waals surface area (Å²) in [6.45, 7) is 5.68. The Kier molecular flexibility index (Phi) is 5.29. The van der Waals surface area contributed by atoms with Crippen LogP contribution in [0.2, 0.25) is 0 Å². The number of aliphatic hydroxyl groups is 1. The number of aromatic nitrogens is 1. The average molecular weight is 208 g/mol. The maximum Gasteiger partial charge on any atom is 0.0667 e. The van der Waals surface area contributed by atoms with Crippen LogP contribution in [0, 0.1) is 5.92 Å². The second-order valence-electron chi connectivity index (χ2n) is 4.27. The molecule has 0 aliphatic rings. The first-order valence-corrected chi connectivity index (χ1v) is 5.46. The molecular weight excluding hydrogens is 188 g/mol. The molecule has 1 rings (SSSR count). The van der Waals surface area contributed by atoms with Crippen LogP contribution >= 0.6 is 0 Å². The molecule has 15 heavy (non-hydrogen) atoms. The molecule has 0 saturated heterocycles. The van der Waals surface area contributed by atoms with E-state index in [2.05, 4.69) is 24.1 Å². The first-order valence-electron chi connectivity index (χ1n) is 5.46. The lowest BCUT2D eigenvalue weighted by Gasteiger charge is -2.13. The van der Waals surface area contributed by atoms with Crippen LogP contribution in [0.5, 0.6) is 0 Å². The van der Waals surface area contributed by atoms with Gasteiger partial charge in [0.2, 0.25) is 0 Å². The van der Waals surface area contributed by atoms with Gasteiger partial charge in [-0.1, -0.05) is 13.8 Å². The Hall–Kier alpha value is -0.930. The Morgan fingerprint density at radius 1 is 1.33 bits per heavy atom. The Labute approximate surface area is 91.5 Å². The molecule has 0 saturated carbocycles. The zero-order chi connectivity index (χ0) is 11.1. The van der Waals surface area contributed by atoms with Crippen LogP contribution in [0.1, 0.15) is 25.8 Å². The van der Waals surface area contributed by atoms with Crippen LogP contribution in [-0.2, 0) is 6.54 Å². The van der Waals surface area contributed by atoms with E-state index >= 15 is 0 Å². The summed E-state index contributed by atoms with van der Waals surface area (Å²) in [6.07, 6.45) is 4.17. The van der Waals surface area contributed by atoms with E-state index in [-0.39, 0.29) is 6.10 Å². The summed E-state index contributed by atoms with van der Waals surface area (Å²) in [5.74, 6) is 0.544. The lowest BCUT2D eigenvalue weighted by molar-refractivity contribution is 0.146. The smallest absolute Gasteiger partial charge is 0.0667 e. The number of nitrogens with zero attached hydrogens (tertiary/aromatic N) is 1. The molecule has 0 aliphatic heterocycles. The number of rotatable bonds is 6. The van der Waals surface area contributed by atoms with Crippen molar-refractivity contribution in [1.82, 2.24) is 10.3 Å². The minimum absolute atomic E-state index is 0.244. The first kappa shape index (κ1) is 12.1. The van der Waals surface area contributed by atoms with E-state index < -0.39 is 0 Å². The van der Waals surface area contributed by atoms with Crippen molar-refractivity contribution >= 4 is 0 Å². The SMILES string of the molecule is CC(C)CC(O)CNCc1ccncc1. The Morgan fingerprint density at radius 3 is 2.60 bits per heavy atom. The maximum absolute atomic E-state index is 9.62. The molecule has 0 bridgehead atoms. The van der Waals surface area contributed by atoms with Gasteiger partial charge in [0.15, 0.2) is 0 Å². The molecule has 1 aromatic rings. The van der Waals surface area contributed by atoms with Crippen molar-refractivity contribution in [2.24, 2.45) is 5.92 Å². The third-order valence-corrected chi connectivity index (χ3v) is 2.20. The van der Waals surface area contributed by atoms with E-state index in [1.807, 2.05) is 12.1 Å². The largest absolute Gasteiger partial charge is 0.392 e. The van der Waals surface area contributed by atoms with E-state index in [4.69, 9.17) is 0 Å². The van der Waals surface area contributed by atoms with Crippen molar-refractivity contribution < 1.29 is 5.11 Å². The number of pyridine rings is 1. The molecule has 84 valence electrons. The van der Waals surface area contributed by atoms with E-state index in [0.717, 1.165) is 13.0 Å². The average Bonchev–Trinajstić information content (AvgIpc) is 2.18.